The van der Waals surface area contributed by atoms with Gasteiger partial charge in [0.1, 0.15) is 33.6 Å². The van der Waals surface area contributed by atoms with Gasteiger partial charge in [-0.1, -0.05) is 49.4 Å². The molecule has 4 N–H and O–H groups in total. The number of nitrogens with one attached hydrogen (secondary N) is 2. The lowest BCUT2D eigenvalue weighted by atomic mass is 9.94. The van der Waals surface area contributed by atoms with E-state index in [0.29, 0.717) is 32.8 Å². The smallest absolute Gasteiger partial charge is 0.263 e. The highest BCUT2D eigenvalue weighted by molar-refractivity contribution is 7.99. The molecule has 4 aromatic rings. The van der Waals surface area contributed by atoms with Crippen LogP contribution in [0.4, 0.5) is 16.6 Å². The van der Waals surface area contributed by atoms with Crippen LogP contribution in [0.2, 0.25) is 0 Å². The molecule has 4 rings (SSSR count). The van der Waals surface area contributed by atoms with Crippen LogP contribution in [0.3, 0.4) is 0 Å². The van der Waals surface area contributed by atoms with Gasteiger partial charge in [0, 0.05) is 23.4 Å². The SMILES string of the molecule is Cc1nnc(NS(=O)(=O)c2ccc(NC(=O)CCSc3nc(N)c(C#N)c(-c4ccc(C(C)C)cc4)c3C#N)cc2)s1. The fourth-order valence-electron chi connectivity index (χ4n) is 3.92. The van der Waals surface area contributed by atoms with Crippen molar-refractivity contribution in [2.45, 2.75) is 43.0 Å². The predicted octanol–water partition coefficient (Wildman–Crippen LogP) is 5.28. The normalized spacial score (nSPS) is 11.1. The number of carbonyl (C=O) groups excluding carboxylic acids is 1. The van der Waals surface area contributed by atoms with Gasteiger partial charge in [-0.05, 0) is 48.2 Å². The second-order valence-corrected chi connectivity index (χ2v) is 13.3. The number of sulfonamides is 1. The molecule has 2 aromatic heterocycles. The summed E-state index contributed by atoms with van der Waals surface area (Å²) in [5.41, 5.74) is 9.09. The second kappa shape index (κ2) is 13.0. The summed E-state index contributed by atoms with van der Waals surface area (Å²) in [6.45, 7) is 5.87. The van der Waals surface area contributed by atoms with Crippen molar-refractivity contribution in [1.29, 1.82) is 10.5 Å². The van der Waals surface area contributed by atoms with Crippen LogP contribution in [-0.4, -0.2) is 35.3 Å². The van der Waals surface area contributed by atoms with Gasteiger partial charge in [-0.15, -0.1) is 22.0 Å². The number of aromatic nitrogens is 3. The minimum atomic E-state index is -3.86. The topological polar surface area (TPSA) is 188 Å². The average molecular weight is 619 g/mol. The highest BCUT2D eigenvalue weighted by Gasteiger charge is 2.21. The number of nitrogens with two attached hydrogens (primary N) is 1. The molecular formula is C28H26N8O3S3. The van der Waals surface area contributed by atoms with E-state index in [9.17, 15) is 23.7 Å². The Balaban J connectivity index is 1.43. The number of hydrogen-bond donors (Lipinski definition) is 3. The van der Waals surface area contributed by atoms with E-state index in [0.717, 1.165) is 16.9 Å². The number of amides is 1. The Morgan fingerprint density at radius 2 is 1.71 bits per heavy atom. The van der Waals surface area contributed by atoms with Crippen LogP contribution in [0.15, 0.2) is 58.5 Å². The van der Waals surface area contributed by atoms with E-state index in [1.807, 2.05) is 24.3 Å². The number of anilines is 3. The van der Waals surface area contributed by atoms with Crippen LogP contribution >= 0.6 is 23.1 Å². The summed E-state index contributed by atoms with van der Waals surface area (Å²) in [6.07, 6.45) is 0.0769. The van der Waals surface area contributed by atoms with Gasteiger partial charge in [-0.2, -0.15) is 10.5 Å². The van der Waals surface area contributed by atoms with E-state index >= 15 is 0 Å². The van der Waals surface area contributed by atoms with Gasteiger partial charge in [0.15, 0.2) is 0 Å². The quantitative estimate of drug-likeness (QED) is 0.197. The van der Waals surface area contributed by atoms with Gasteiger partial charge >= 0.3 is 0 Å². The summed E-state index contributed by atoms with van der Waals surface area (Å²) in [6, 6.07) is 17.6. The summed E-state index contributed by atoms with van der Waals surface area (Å²) in [4.78, 5) is 16.9. The minimum Gasteiger partial charge on any atom is -0.383 e. The van der Waals surface area contributed by atoms with Crippen LogP contribution in [-0.2, 0) is 14.8 Å². The number of hydrogen-bond acceptors (Lipinski definition) is 11. The molecule has 0 aliphatic carbocycles. The first-order valence-electron chi connectivity index (χ1n) is 12.6. The largest absolute Gasteiger partial charge is 0.383 e. The lowest BCUT2D eigenvalue weighted by molar-refractivity contribution is -0.115. The molecule has 214 valence electrons. The molecule has 1 amide bonds. The molecule has 2 aromatic carbocycles. The van der Waals surface area contributed by atoms with Crippen molar-refractivity contribution < 1.29 is 13.2 Å². The third-order valence-corrected chi connectivity index (χ3v) is 9.26. The molecule has 0 aliphatic rings. The van der Waals surface area contributed by atoms with Crippen molar-refractivity contribution in [1.82, 2.24) is 15.2 Å². The fourth-order valence-corrected chi connectivity index (χ4v) is 6.68. The molecule has 0 saturated heterocycles. The molecule has 0 bridgehead atoms. The molecule has 42 heavy (non-hydrogen) atoms. The number of nitriles is 2. The Hall–Kier alpha value is -4.50. The highest BCUT2D eigenvalue weighted by atomic mass is 32.2. The molecule has 0 unspecified atom stereocenters. The van der Waals surface area contributed by atoms with Crippen LogP contribution in [0.1, 0.15) is 47.9 Å². The number of rotatable bonds is 10. The number of benzene rings is 2. The van der Waals surface area contributed by atoms with E-state index < -0.39 is 10.0 Å². The number of thioether (sulfide) groups is 1. The first kappa shape index (κ1) is 30.5. The Morgan fingerprint density at radius 1 is 1.05 bits per heavy atom. The van der Waals surface area contributed by atoms with Crippen molar-refractivity contribution >= 4 is 55.7 Å². The van der Waals surface area contributed by atoms with Gasteiger partial charge in [0.25, 0.3) is 10.0 Å². The summed E-state index contributed by atoms with van der Waals surface area (Å²) in [5, 5.41) is 31.1. The zero-order valence-corrected chi connectivity index (χ0v) is 25.3. The van der Waals surface area contributed by atoms with Gasteiger partial charge in [0.2, 0.25) is 11.0 Å². The molecule has 14 heteroatoms. The van der Waals surface area contributed by atoms with Crippen molar-refractivity contribution in [3.05, 3.63) is 70.2 Å². The van der Waals surface area contributed by atoms with Gasteiger partial charge in [-0.25, -0.2) is 13.4 Å². The van der Waals surface area contributed by atoms with E-state index in [4.69, 9.17) is 5.73 Å². The Kier molecular flexibility index (Phi) is 9.42. The van der Waals surface area contributed by atoms with Crippen molar-refractivity contribution in [3.8, 4) is 23.3 Å². The Labute approximate surface area is 251 Å². The molecular weight excluding hydrogens is 593 g/mol. The average Bonchev–Trinajstić information content (AvgIpc) is 3.36. The first-order chi connectivity index (χ1) is 20.0. The van der Waals surface area contributed by atoms with Crippen molar-refractivity contribution in [2.24, 2.45) is 0 Å². The van der Waals surface area contributed by atoms with Gasteiger partial charge in [-0.3, -0.25) is 9.52 Å². The monoisotopic (exact) mass is 618 g/mol. The molecule has 11 nitrogen and oxygen atoms in total. The maximum Gasteiger partial charge on any atom is 0.263 e. The summed E-state index contributed by atoms with van der Waals surface area (Å²) >= 11 is 2.31. The third kappa shape index (κ3) is 7.03. The summed E-state index contributed by atoms with van der Waals surface area (Å²) in [7, 11) is -3.86. The van der Waals surface area contributed by atoms with Crippen LogP contribution in [0.25, 0.3) is 11.1 Å². The Bertz CT molecular complexity index is 1810. The van der Waals surface area contributed by atoms with E-state index in [-0.39, 0.29) is 45.1 Å². The van der Waals surface area contributed by atoms with Crippen molar-refractivity contribution in [2.75, 3.05) is 21.5 Å². The van der Waals surface area contributed by atoms with Crippen LogP contribution in [0, 0.1) is 29.6 Å². The van der Waals surface area contributed by atoms with Crippen LogP contribution in [0.5, 0.6) is 0 Å². The fraction of sp³-hybridized carbons (Fsp3) is 0.214. The van der Waals surface area contributed by atoms with E-state index in [1.54, 1.807) is 6.92 Å². The third-order valence-electron chi connectivity index (χ3n) is 6.05. The van der Waals surface area contributed by atoms with Gasteiger partial charge < -0.3 is 11.1 Å². The highest BCUT2D eigenvalue weighted by Crippen LogP contribution is 2.36. The molecule has 2 heterocycles. The Morgan fingerprint density at radius 3 is 2.29 bits per heavy atom. The number of aryl methyl sites for hydroxylation is 1. The predicted molar refractivity (Wildman–Crippen MR) is 163 cm³/mol. The zero-order chi connectivity index (χ0) is 30.4. The lowest BCUT2D eigenvalue weighted by Crippen LogP contribution is -2.14. The lowest BCUT2D eigenvalue weighted by Gasteiger charge is -2.14. The summed E-state index contributed by atoms with van der Waals surface area (Å²) < 4.78 is 27.5. The minimum absolute atomic E-state index is 0.00655. The zero-order valence-electron chi connectivity index (χ0n) is 22.9. The van der Waals surface area contributed by atoms with Crippen molar-refractivity contribution in [3.63, 3.8) is 0 Å². The van der Waals surface area contributed by atoms with Crippen LogP contribution < -0.4 is 15.8 Å². The van der Waals surface area contributed by atoms with Gasteiger partial charge in [0.05, 0.1) is 10.5 Å². The standard InChI is InChI=1S/C28H26N8O3S3/c1-16(2)18-4-6-19(7-5-18)25-22(14-29)26(31)33-27(23(25)15-30)40-13-12-24(37)32-20-8-10-21(11-9-20)42(38,39)36-28-35-34-17(3)41-28/h4-11,16H,12-13H2,1-3H3,(H2,31,33)(H,32,37)(H,35,36). The number of nitrogens with zero attached hydrogens (tertiary/aromatic N) is 5. The van der Waals surface area contributed by atoms with E-state index in [2.05, 4.69) is 51.2 Å². The molecule has 0 spiro atoms. The number of pyridine rings is 1. The molecule has 0 aliphatic heterocycles. The molecule has 0 fully saturated rings. The molecule has 0 saturated carbocycles. The number of carbonyl (C=O) groups is 1. The maximum absolute atomic E-state index is 12.6. The molecule has 0 atom stereocenters. The summed E-state index contributed by atoms with van der Waals surface area (Å²) in [5.74, 6) is 0.300. The maximum atomic E-state index is 12.6. The first-order valence-corrected chi connectivity index (χ1v) is 15.9. The molecule has 0 radical (unpaired) electrons. The number of nitrogen functional groups attached to an aromatic ring is 1. The van der Waals surface area contributed by atoms with E-state index in [1.165, 1.54) is 36.0 Å². The second-order valence-electron chi connectivity index (χ2n) is 9.33.